The monoisotopic (exact) mass is 218 g/mol. The third kappa shape index (κ3) is 3.75. The number of ether oxygens (including phenoxy) is 1. The third-order valence-corrected chi connectivity index (χ3v) is 2.49. The number of hydrogen-bond donors (Lipinski definition) is 4. The van der Waals surface area contributed by atoms with Gasteiger partial charge in [0.05, 0.1) is 24.7 Å². The van der Waals surface area contributed by atoms with Gasteiger partial charge in [0.15, 0.2) is 0 Å². The summed E-state index contributed by atoms with van der Waals surface area (Å²) < 4.78 is 4.78. The fraction of sp³-hybridized carbons (Fsp3) is 0.889. The van der Waals surface area contributed by atoms with E-state index in [0.717, 1.165) is 0 Å². The molecule has 0 aromatic carbocycles. The van der Waals surface area contributed by atoms with Crippen LogP contribution >= 0.6 is 0 Å². The molecule has 1 rings (SSSR count). The van der Waals surface area contributed by atoms with Gasteiger partial charge in [0.1, 0.15) is 0 Å². The quantitative estimate of drug-likeness (QED) is 0.411. The van der Waals surface area contributed by atoms with E-state index in [-0.39, 0.29) is 13.0 Å². The molecule has 0 saturated carbocycles. The van der Waals surface area contributed by atoms with Crippen LogP contribution in [-0.4, -0.2) is 61.2 Å². The molecule has 1 fully saturated rings. The van der Waals surface area contributed by atoms with E-state index < -0.39 is 17.6 Å². The number of carboxylic acid groups (broad SMARTS) is 1. The summed E-state index contributed by atoms with van der Waals surface area (Å²) in [5.74, 6) is -0.828. The molecule has 1 atom stereocenters. The molecule has 0 bridgehead atoms. The first-order valence-corrected chi connectivity index (χ1v) is 4.92. The summed E-state index contributed by atoms with van der Waals surface area (Å²) in [4.78, 5) is 10.6. The van der Waals surface area contributed by atoms with Crippen LogP contribution < -0.4 is 10.6 Å². The standard InChI is InChI=1S/C9H18N2O4/c1-15-4-7(12)3-11-9(2-8(13)14)5-10-6-9/h7,10-12H,2-6H2,1H3,(H,13,14). The van der Waals surface area contributed by atoms with Gasteiger partial charge in [0.25, 0.3) is 0 Å². The topological polar surface area (TPSA) is 90.8 Å². The summed E-state index contributed by atoms with van der Waals surface area (Å²) in [7, 11) is 1.52. The molecular weight excluding hydrogens is 200 g/mol. The van der Waals surface area contributed by atoms with E-state index in [2.05, 4.69) is 10.6 Å². The molecule has 15 heavy (non-hydrogen) atoms. The van der Waals surface area contributed by atoms with Crippen molar-refractivity contribution in [3.05, 3.63) is 0 Å². The molecule has 0 amide bonds. The molecule has 1 unspecified atom stereocenters. The number of aliphatic hydroxyl groups excluding tert-OH is 1. The minimum absolute atomic E-state index is 0.0691. The molecule has 0 spiro atoms. The van der Waals surface area contributed by atoms with Crippen LogP contribution in [0.4, 0.5) is 0 Å². The van der Waals surface area contributed by atoms with Gasteiger partial charge in [-0.3, -0.25) is 4.79 Å². The summed E-state index contributed by atoms with van der Waals surface area (Å²) in [6, 6.07) is 0. The van der Waals surface area contributed by atoms with Crippen LogP contribution in [0.5, 0.6) is 0 Å². The molecule has 1 aliphatic rings. The average molecular weight is 218 g/mol. The summed E-state index contributed by atoms with van der Waals surface area (Å²) in [5.41, 5.74) is -0.402. The average Bonchev–Trinajstić information content (AvgIpc) is 2.09. The Morgan fingerprint density at radius 3 is 2.73 bits per heavy atom. The van der Waals surface area contributed by atoms with Crippen molar-refractivity contribution in [1.82, 2.24) is 10.6 Å². The molecule has 4 N–H and O–H groups in total. The SMILES string of the molecule is COCC(O)CNC1(CC(=O)O)CNC1. The molecule has 1 saturated heterocycles. The lowest BCUT2D eigenvalue weighted by Gasteiger charge is -2.43. The second kappa shape index (κ2) is 5.41. The van der Waals surface area contributed by atoms with E-state index in [4.69, 9.17) is 9.84 Å². The van der Waals surface area contributed by atoms with Crippen molar-refractivity contribution in [2.24, 2.45) is 0 Å². The number of β-amino-alcohol motifs (C(OH)–C–C–N with tert-alkyl or cyclic N) is 1. The number of carbonyl (C=O) groups is 1. The third-order valence-electron chi connectivity index (χ3n) is 2.49. The van der Waals surface area contributed by atoms with Crippen molar-refractivity contribution in [3.63, 3.8) is 0 Å². The first kappa shape index (κ1) is 12.4. The molecule has 1 aliphatic heterocycles. The molecule has 88 valence electrons. The molecule has 0 aromatic heterocycles. The number of carboxylic acids is 1. The van der Waals surface area contributed by atoms with Gasteiger partial charge in [-0.05, 0) is 0 Å². The van der Waals surface area contributed by atoms with Crippen molar-refractivity contribution in [2.45, 2.75) is 18.1 Å². The van der Waals surface area contributed by atoms with Crippen LogP contribution in [-0.2, 0) is 9.53 Å². The largest absolute Gasteiger partial charge is 0.481 e. The zero-order valence-corrected chi connectivity index (χ0v) is 8.82. The zero-order valence-electron chi connectivity index (χ0n) is 8.82. The van der Waals surface area contributed by atoms with Crippen molar-refractivity contribution in [2.75, 3.05) is 33.4 Å². The van der Waals surface area contributed by atoms with E-state index in [9.17, 15) is 9.90 Å². The van der Waals surface area contributed by atoms with E-state index in [1.165, 1.54) is 7.11 Å². The minimum Gasteiger partial charge on any atom is -0.481 e. The van der Waals surface area contributed by atoms with Crippen LogP contribution in [0, 0.1) is 0 Å². The molecule has 1 heterocycles. The summed E-state index contributed by atoms with van der Waals surface area (Å²) in [6.45, 7) is 1.85. The van der Waals surface area contributed by atoms with E-state index in [1.807, 2.05) is 0 Å². The summed E-state index contributed by atoms with van der Waals surface area (Å²) >= 11 is 0. The molecule has 6 nitrogen and oxygen atoms in total. The Morgan fingerprint density at radius 2 is 2.33 bits per heavy atom. The van der Waals surface area contributed by atoms with Gasteiger partial charge in [-0.15, -0.1) is 0 Å². The fourth-order valence-corrected chi connectivity index (χ4v) is 1.61. The normalized spacial score (nSPS) is 20.7. The Kier molecular flexibility index (Phi) is 4.46. The Labute approximate surface area is 88.6 Å². The van der Waals surface area contributed by atoms with Crippen LogP contribution in [0.2, 0.25) is 0 Å². The van der Waals surface area contributed by atoms with Gasteiger partial charge in [0.2, 0.25) is 0 Å². The van der Waals surface area contributed by atoms with Crippen molar-refractivity contribution >= 4 is 5.97 Å². The van der Waals surface area contributed by atoms with Gasteiger partial charge in [-0.25, -0.2) is 0 Å². The lowest BCUT2D eigenvalue weighted by molar-refractivity contribution is -0.139. The van der Waals surface area contributed by atoms with Gasteiger partial charge in [-0.1, -0.05) is 0 Å². The van der Waals surface area contributed by atoms with Crippen LogP contribution in [0.15, 0.2) is 0 Å². The highest BCUT2D eigenvalue weighted by Gasteiger charge is 2.38. The molecule has 6 heteroatoms. The number of hydrogen-bond acceptors (Lipinski definition) is 5. The number of nitrogens with one attached hydrogen (secondary N) is 2. The Hall–Kier alpha value is -0.690. The predicted molar refractivity (Wildman–Crippen MR) is 53.7 cm³/mol. The smallest absolute Gasteiger partial charge is 0.305 e. The Bertz CT molecular complexity index is 218. The molecule has 0 radical (unpaired) electrons. The maximum Gasteiger partial charge on any atom is 0.305 e. The second-order valence-electron chi connectivity index (χ2n) is 3.94. The molecule has 0 aromatic rings. The fourth-order valence-electron chi connectivity index (χ4n) is 1.61. The molecule has 0 aliphatic carbocycles. The van der Waals surface area contributed by atoms with Crippen molar-refractivity contribution in [1.29, 1.82) is 0 Å². The Balaban J connectivity index is 2.30. The first-order valence-electron chi connectivity index (χ1n) is 4.92. The zero-order chi connectivity index (χ0) is 11.3. The van der Waals surface area contributed by atoms with E-state index in [1.54, 1.807) is 0 Å². The highest BCUT2D eigenvalue weighted by molar-refractivity contribution is 5.68. The number of methoxy groups -OCH3 is 1. The van der Waals surface area contributed by atoms with Crippen molar-refractivity contribution < 1.29 is 19.7 Å². The number of rotatable bonds is 7. The van der Waals surface area contributed by atoms with Crippen LogP contribution in [0.3, 0.4) is 0 Å². The molecular formula is C9H18N2O4. The lowest BCUT2D eigenvalue weighted by Crippen LogP contribution is -2.69. The Morgan fingerprint density at radius 1 is 1.67 bits per heavy atom. The highest BCUT2D eigenvalue weighted by atomic mass is 16.5. The van der Waals surface area contributed by atoms with Gasteiger partial charge in [0, 0.05) is 26.7 Å². The minimum atomic E-state index is -0.828. The van der Waals surface area contributed by atoms with Crippen LogP contribution in [0.1, 0.15) is 6.42 Å². The maximum atomic E-state index is 10.6. The van der Waals surface area contributed by atoms with E-state index in [0.29, 0.717) is 19.6 Å². The van der Waals surface area contributed by atoms with Crippen LogP contribution in [0.25, 0.3) is 0 Å². The second-order valence-corrected chi connectivity index (χ2v) is 3.94. The van der Waals surface area contributed by atoms with E-state index >= 15 is 0 Å². The van der Waals surface area contributed by atoms with Gasteiger partial charge < -0.3 is 25.6 Å². The predicted octanol–water partition coefficient (Wildman–Crippen LogP) is -1.60. The first-order chi connectivity index (χ1) is 7.08. The maximum absolute atomic E-state index is 10.6. The summed E-state index contributed by atoms with van der Waals surface area (Å²) in [6.07, 6.45) is -0.527. The number of aliphatic hydroxyl groups is 1. The summed E-state index contributed by atoms with van der Waals surface area (Å²) in [5, 5.41) is 24.2. The van der Waals surface area contributed by atoms with Crippen molar-refractivity contribution in [3.8, 4) is 0 Å². The van der Waals surface area contributed by atoms with Gasteiger partial charge >= 0.3 is 5.97 Å². The van der Waals surface area contributed by atoms with Gasteiger partial charge in [-0.2, -0.15) is 0 Å². The number of aliphatic carboxylic acids is 1. The lowest BCUT2D eigenvalue weighted by atomic mass is 9.88. The highest BCUT2D eigenvalue weighted by Crippen LogP contribution is 2.15.